The Kier molecular flexibility index (Phi) is 5.54. The molecule has 0 aliphatic rings. The van der Waals surface area contributed by atoms with Gasteiger partial charge in [-0.15, -0.1) is 10.2 Å². The first-order chi connectivity index (χ1) is 12.8. The van der Waals surface area contributed by atoms with Crippen LogP contribution in [0.3, 0.4) is 0 Å². The van der Waals surface area contributed by atoms with E-state index in [1.165, 1.54) is 17.1 Å². The molecule has 27 heavy (non-hydrogen) atoms. The van der Waals surface area contributed by atoms with Gasteiger partial charge in [0, 0.05) is 23.8 Å². The van der Waals surface area contributed by atoms with Crippen molar-refractivity contribution in [3.63, 3.8) is 0 Å². The minimum atomic E-state index is -3.85. The maximum absolute atomic E-state index is 12.0. The fraction of sp³-hybridized carbons (Fsp3) is 0.200. The van der Waals surface area contributed by atoms with Gasteiger partial charge in [-0.1, -0.05) is 11.6 Å². The van der Waals surface area contributed by atoms with Gasteiger partial charge in [-0.2, -0.15) is 9.82 Å². The molecular weight excluding hydrogens is 398 g/mol. The number of halogens is 1. The highest BCUT2D eigenvalue weighted by molar-refractivity contribution is 7.89. The number of rotatable bonds is 7. The minimum absolute atomic E-state index is 0.0534. The molecule has 142 valence electrons. The van der Waals surface area contributed by atoms with Gasteiger partial charge in [0.05, 0.1) is 6.20 Å². The van der Waals surface area contributed by atoms with E-state index in [-0.39, 0.29) is 23.3 Å². The number of aryl methyl sites for hydroxylation is 1. The third kappa shape index (κ3) is 4.90. The van der Waals surface area contributed by atoms with E-state index in [1.807, 2.05) is 0 Å². The Morgan fingerprint density at radius 3 is 2.70 bits per heavy atom. The molecule has 0 spiro atoms. The molecule has 1 N–H and O–H groups in total. The lowest BCUT2D eigenvalue weighted by atomic mass is 10.2. The van der Waals surface area contributed by atoms with E-state index < -0.39 is 22.5 Å². The van der Waals surface area contributed by atoms with Gasteiger partial charge in [0.15, 0.2) is 6.61 Å². The van der Waals surface area contributed by atoms with Crippen molar-refractivity contribution in [2.75, 3.05) is 6.54 Å². The largest absolute Gasteiger partial charge is 0.455 e. The summed E-state index contributed by atoms with van der Waals surface area (Å²) in [5.41, 5.74) is 0.661. The van der Waals surface area contributed by atoms with Crippen LogP contribution in [0.5, 0.6) is 0 Å². The van der Waals surface area contributed by atoms with Crippen molar-refractivity contribution in [2.24, 2.45) is 7.05 Å². The monoisotopic (exact) mass is 411 g/mol. The quantitative estimate of drug-likeness (QED) is 0.573. The second-order valence-electron chi connectivity index (χ2n) is 5.34. The van der Waals surface area contributed by atoms with Gasteiger partial charge < -0.3 is 9.15 Å². The van der Waals surface area contributed by atoms with E-state index >= 15 is 0 Å². The van der Waals surface area contributed by atoms with Crippen LogP contribution in [0, 0.1) is 0 Å². The molecular formula is C15H14ClN5O5S. The average molecular weight is 412 g/mol. The normalized spacial score (nSPS) is 11.5. The van der Waals surface area contributed by atoms with Crippen molar-refractivity contribution in [1.29, 1.82) is 0 Å². The van der Waals surface area contributed by atoms with E-state index in [0.29, 0.717) is 10.6 Å². The minimum Gasteiger partial charge on any atom is -0.455 e. The summed E-state index contributed by atoms with van der Waals surface area (Å²) in [5.74, 6) is -0.480. The van der Waals surface area contributed by atoms with E-state index in [1.54, 1.807) is 31.3 Å². The summed E-state index contributed by atoms with van der Waals surface area (Å²) in [6, 6.07) is 6.77. The Balaban J connectivity index is 1.51. The SMILES string of the molecule is Cn1cc(S(=O)(=O)NCC(=O)OCc2nnc(-c3ccc(Cl)cc3)o2)cn1. The molecule has 0 unspecified atom stereocenters. The summed E-state index contributed by atoms with van der Waals surface area (Å²) in [6.07, 6.45) is 2.48. The Morgan fingerprint density at radius 1 is 1.30 bits per heavy atom. The van der Waals surface area contributed by atoms with Gasteiger partial charge in [0.25, 0.3) is 5.89 Å². The Hall–Kier alpha value is -2.76. The average Bonchev–Trinajstić information content (AvgIpc) is 3.28. The fourth-order valence-electron chi connectivity index (χ4n) is 1.99. The Labute approximate surface area is 159 Å². The number of benzene rings is 1. The number of esters is 1. The van der Waals surface area contributed by atoms with Crippen molar-refractivity contribution in [1.82, 2.24) is 24.7 Å². The first kappa shape index (κ1) is 19.0. The standard InChI is InChI=1S/C15H14ClN5O5S/c1-21-8-12(6-17-21)27(23,24)18-7-14(22)25-9-13-19-20-15(26-13)10-2-4-11(16)5-3-10/h2-6,8,18H,7,9H2,1H3. The van der Waals surface area contributed by atoms with Gasteiger partial charge in [-0.3, -0.25) is 9.48 Å². The van der Waals surface area contributed by atoms with E-state index in [4.69, 9.17) is 20.8 Å². The van der Waals surface area contributed by atoms with Crippen molar-refractivity contribution in [2.45, 2.75) is 11.5 Å². The molecule has 10 nitrogen and oxygen atoms in total. The highest BCUT2D eigenvalue weighted by Gasteiger charge is 2.18. The van der Waals surface area contributed by atoms with Crippen LogP contribution in [0.15, 0.2) is 46.0 Å². The van der Waals surface area contributed by atoms with E-state index in [2.05, 4.69) is 20.0 Å². The molecule has 0 saturated carbocycles. The lowest BCUT2D eigenvalue weighted by molar-refractivity contribution is -0.144. The van der Waals surface area contributed by atoms with Gasteiger partial charge in [0.1, 0.15) is 11.4 Å². The van der Waals surface area contributed by atoms with Crippen molar-refractivity contribution < 1.29 is 22.4 Å². The molecule has 2 aromatic heterocycles. The van der Waals surface area contributed by atoms with Gasteiger partial charge in [-0.05, 0) is 24.3 Å². The molecule has 3 aromatic rings. The number of hydrogen-bond donors (Lipinski definition) is 1. The van der Waals surface area contributed by atoms with E-state index in [9.17, 15) is 13.2 Å². The first-order valence-electron chi connectivity index (χ1n) is 7.56. The van der Waals surface area contributed by atoms with Crippen LogP contribution in [0.25, 0.3) is 11.5 Å². The Bertz CT molecular complexity index is 1040. The maximum atomic E-state index is 12.0. The molecule has 1 aromatic carbocycles. The summed E-state index contributed by atoms with van der Waals surface area (Å²) in [7, 11) is -2.27. The fourth-order valence-corrected chi connectivity index (χ4v) is 3.07. The molecule has 0 aliphatic heterocycles. The number of sulfonamides is 1. The van der Waals surface area contributed by atoms with Crippen molar-refractivity contribution in [3.05, 3.63) is 47.6 Å². The molecule has 0 radical (unpaired) electrons. The lowest BCUT2D eigenvalue weighted by Gasteiger charge is -2.04. The van der Waals surface area contributed by atoms with Gasteiger partial charge >= 0.3 is 5.97 Å². The van der Waals surface area contributed by atoms with Crippen LogP contribution in [-0.2, 0) is 33.2 Å². The van der Waals surface area contributed by atoms with Gasteiger partial charge in [-0.25, -0.2) is 8.42 Å². The van der Waals surface area contributed by atoms with Crippen LogP contribution in [0.2, 0.25) is 5.02 Å². The zero-order valence-electron chi connectivity index (χ0n) is 14.0. The molecule has 0 saturated heterocycles. The molecule has 0 amide bonds. The summed E-state index contributed by atoms with van der Waals surface area (Å²) in [6.45, 7) is -0.830. The molecule has 0 fully saturated rings. The number of ether oxygens (including phenoxy) is 1. The van der Waals surface area contributed by atoms with Crippen LogP contribution in [0.4, 0.5) is 0 Å². The van der Waals surface area contributed by atoms with E-state index in [0.717, 1.165) is 0 Å². The molecule has 0 atom stereocenters. The van der Waals surface area contributed by atoms with Crippen LogP contribution in [-0.4, -0.2) is 40.9 Å². The number of carbonyl (C=O) groups excluding carboxylic acids is 1. The molecule has 0 aliphatic carbocycles. The number of nitrogens with zero attached hydrogens (tertiary/aromatic N) is 4. The summed E-state index contributed by atoms with van der Waals surface area (Å²) >= 11 is 5.81. The molecule has 0 bridgehead atoms. The second-order valence-corrected chi connectivity index (χ2v) is 7.55. The number of hydrogen-bond acceptors (Lipinski definition) is 8. The molecule has 3 rings (SSSR count). The molecule has 2 heterocycles. The zero-order valence-corrected chi connectivity index (χ0v) is 15.6. The summed E-state index contributed by atoms with van der Waals surface area (Å²) < 4.78 is 37.7. The van der Waals surface area contributed by atoms with Crippen LogP contribution in [0.1, 0.15) is 5.89 Å². The second kappa shape index (κ2) is 7.86. The zero-order chi connectivity index (χ0) is 19.4. The van der Waals surface area contributed by atoms with Crippen LogP contribution < -0.4 is 4.72 Å². The Morgan fingerprint density at radius 2 is 2.04 bits per heavy atom. The van der Waals surface area contributed by atoms with Crippen molar-refractivity contribution >= 4 is 27.6 Å². The lowest BCUT2D eigenvalue weighted by Crippen LogP contribution is -2.30. The summed E-state index contributed by atoms with van der Waals surface area (Å²) in [5, 5.41) is 12.0. The molecule has 12 heteroatoms. The smallest absolute Gasteiger partial charge is 0.321 e. The highest BCUT2D eigenvalue weighted by Crippen LogP contribution is 2.20. The number of carbonyl (C=O) groups is 1. The predicted molar refractivity (Wildman–Crippen MR) is 92.9 cm³/mol. The number of aromatic nitrogens is 4. The van der Waals surface area contributed by atoms with Crippen LogP contribution >= 0.6 is 11.6 Å². The first-order valence-corrected chi connectivity index (χ1v) is 9.42. The van der Waals surface area contributed by atoms with Crippen molar-refractivity contribution in [3.8, 4) is 11.5 Å². The summed E-state index contributed by atoms with van der Waals surface area (Å²) in [4.78, 5) is 11.7. The maximum Gasteiger partial charge on any atom is 0.321 e. The number of nitrogens with one attached hydrogen (secondary N) is 1. The third-order valence-electron chi connectivity index (χ3n) is 3.31. The topological polar surface area (TPSA) is 129 Å². The highest BCUT2D eigenvalue weighted by atomic mass is 35.5. The predicted octanol–water partition coefficient (Wildman–Crippen LogP) is 1.15. The third-order valence-corrected chi connectivity index (χ3v) is 4.92. The van der Waals surface area contributed by atoms with Gasteiger partial charge in [0.2, 0.25) is 15.9 Å².